The van der Waals surface area contributed by atoms with Gasteiger partial charge >= 0.3 is 0 Å². The maximum atomic E-state index is 5.98. The standard InChI is InChI=1S/C18H25ClN2/c1-4-10-21-11-9-15(13-21)12-20-18(14(2)3)16-5-7-17(19)8-6-16/h5-9,11,13-14,18,20H,4,10,12H2,1-3H3. The molecule has 0 saturated heterocycles. The van der Waals surface area contributed by atoms with Crippen LogP contribution >= 0.6 is 11.6 Å². The van der Waals surface area contributed by atoms with E-state index in [9.17, 15) is 0 Å². The number of halogens is 1. The minimum absolute atomic E-state index is 0.344. The summed E-state index contributed by atoms with van der Waals surface area (Å²) in [5, 5.41) is 4.46. The summed E-state index contributed by atoms with van der Waals surface area (Å²) in [6.45, 7) is 8.67. The molecule has 0 amide bonds. The molecule has 114 valence electrons. The third-order valence-corrected chi connectivity index (χ3v) is 3.97. The molecule has 0 aliphatic rings. The first-order valence-electron chi connectivity index (χ1n) is 7.73. The van der Waals surface area contributed by atoms with Gasteiger partial charge in [0.15, 0.2) is 0 Å². The maximum absolute atomic E-state index is 5.98. The first-order valence-corrected chi connectivity index (χ1v) is 8.11. The third-order valence-electron chi connectivity index (χ3n) is 3.72. The lowest BCUT2D eigenvalue weighted by molar-refractivity contribution is 0.410. The van der Waals surface area contributed by atoms with Crippen molar-refractivity contribution in [1.82, 2.24) is 9.88 Å². The number of aryl methyl sites for hydroxylation is 1. The fraction of sp³-hybridized carbons (Fsp3) is 0.444. The Morgan fingerprint density at radius 1 is 1.14 bits per heavy atom. The molecule has 1 atom stereocenters. The molecule has 0 bridgehead atoms. The number of rotatable bonds is 7. The van der Waals surface area contributed by atoms with Gasteiger partial charge in [0.05, 0.1) is 0 Å². The number of benzene rings is 1. The van der Waals surface area contributed by atoms with E-state index in [0.717, 1.165) is 18.1 Å². The zero-order valence-electron chi connectivity index (χ0n) is 13.1. The van der Waals surface area contributed by atoms with Crippen molar-refractivity contribution >= 4 is 11.6 Å². The van der Waals surface area contributed by atoms with Crippen molar-refractivity contribution in [2.75, 3.05) is 0 Å². The number of nitrogens with one attached hydrogen (secondary N) is 1. The van der Waals surface area contributed by atoms with Gasteiger partial charge in [0.25, 0.3) is 0 Å². The summed E-state index contributed by atoms with van der Waals surface area (Å²) < 4.78 is 2.25. The molecular formula is C18H25ClN2. The van der Waals surface area contributed by atoms with Crippen molar-refractivity contribution in [2.45, 2.75) is 46.3 Å². The SMILES string of the molecule is CCCn1ccc(CNC(c2ccc(Cl)cc2)C(C)C)c1. The van der Waals surface area contributed by atoms with Crippen molar-refractivity contribution < 1.29 is 0 Å². The van der Waals surface area contributed by atoms with Crippen LogP contribution in [0.2, 0.25) is 5.02 Å². The molecule has 3 heteroatoms. The zero-order valence-corrected chi connectivity index (χ0v) is 13.9. The van der Waals surface area contributed by atoms with Crippen molar-refractivity contribution in [2.24, 2.45) is 5.92 Å². The minimum atomic E-state index is 0.344. The van der Waals surface area contributed by atoms with Crippen molar-refractivity contribution in [3.05, 3.63) is 58.9 Å². The average molecular weight is 305 g/mol. The van der Waals surface area contributed by atoms with E-state index in [2.05, 4.69) is 61.2 Å². The lowest BCUT2D eigenvalue weighted by atomic mass is 9.96. The molecule has 2 aromatic rings. The molecule has 0 aliphatic carbocycles. The van der Waals surface area contributed by atoms with Crippen LogP contribution in [-0.2, 0) is 13.1 Å². The first-order chi connectivity index (χ1) is 10.1. The molecule has 0 spiro atoms. The predicted octanol–water partition coefficient (Wildman–Crippen LogP) is 5.04. The van der Waals surface area contributed by atoms with E-state index in [1.807, 2.05) is 12.1 Å². The van der Waals surface area contributed by atoms with Gasteiger partial charge in [-0.05, 0) is 41.7 Å². The van der Waals surface area contributed by atoms with Crippen LogP contribution in [0.1, 0.15) is 44.4 Å². The Morgan fingerprint density at radius 3 is 2.48 bits per heavy atom. The summed E-state index contributed by atoms with van der Waals surface area (Å²) in [4.78, 5) is 0. The highest BCUT2D eigenvalue weighted by Crippen LogP contribution is 2.23. The summed E-state index contributed by atoms with van der Waals surface area (Å²) in [5.41, 5.74) is 2.63. The van der Waals surface area contributed by atoms with Gasteiger partial charge in [0, 0.05) is 36.5 Å². The molecule has 1 aromatic carbocycles. The molecule has 0 fully saturated rings. The van der Waals surface area contributed by atoms with Gasteiger partial charge in [0.1, 0.15) is 0 Å². The minimum Gasteiger partial charge on any atom is -0.354 e. The normalized spacial score (nSPS) is 12.8. The number of aromatic nitrogens is 1. The highest BCUT2D eigenvalue weighted by Gasteiger charge is 2.15. The second-order valence-electron chi connectivity index (χ2n) is 5.91. The smallest absolute Gasteiger partial charge is 0.0406 e. The van der Waals surface area contributed by atoms with Crippen molar-refractivity contribution in [1.29, 1.82) is 0 Å². The van der Waals surface area contributed by atoms with Gasteiger partial charge in [-0.3, -0.25) is 0 Å². The third kappa shape index (κ3) is 4.62. The van der Waals surface area contributed by atoms with Crippen LogP contribution in [-0.4, -0.2) is 4.57 Å². The van der Waals surface area contributed by atoms with Gasteiger partial charge < -0.3 is 9.88 Å². The molecule has 0 saturated carbocycles. The Labute approximate surface area is 133 Å². The van der Waals surface area contributed by atoms with Crippen LogP contribution in [0.4, 0.5) is 0 Å². The zero-order chi connectivity index (χ0) is 15.2. The number of nitrogens with zero attached hydrogens (tertiary/aromatic N) is 1. The van der Waals surface area contributed by atoms with Crippen molar-refractivity contribution in [3.63, 3.8) is 0 Å². The Kier molecular flexibility index (Phi) is 5.89. The van der Waals surface area contributed by atoms with Gasteiger partial charge in [-0.2, -0.15) is 0 Å². The molecular weight excluding hydrogens is 280 g/mol. The second kappa shape index (κ2) is 7.67. The molecule has 21 heavy (non-hydrogen) atoms. The molecule has 1 heterocycles. The second-order valence-corrected chi connectivity index (χ2v) is 6.35. The first kappa shape index (κ1) is 16.1. The molecule has 0 aliphatic heterocycles. The predicted molar refractivity (Wildman–Crippen MR) is 90.6 cm³/mol. The molecule has 0 radical (unpaired) electrons. The summed E-state index contributed by atoms with van der Waals surface area (Å²) in [5.74, 6) is 0.531. The largest absolute Gasteiger partial charge is 0.354 e. The van der Waals surface area contributed by atoms with Crippen LogP contribution in [0.25, 0.3) is 0 Å². The van der Waals surface area contributed by atoms with Gasteiger partial charge in [-0.25, -0.2) is 0 Å². The number of hydrogen-bond donors (Lipinski definition) is 1. The summed E-state index contributed by atoms with van der Waals surface area (Å²) in [6, 6.07) is 10.7. The molecule has 1 aromatic heterocycles. The molecule has 2 rings (SSSR count). The fourth-order valence-corrected chi connectivity index (χ4v) is 2.75. The maximum Gasteiger partial charge on any atom is 0.0406 e. The molecule has 1 unspecified atom stereocenters. The molecule has 2 nitrogen and oxygen atoms in total. The Hall–Kier alpha value is -1.25. The lowest BCUT2D eigenvalue weighted by Crippen LogP contribution is -2.25. The van der Waals surface area contributed by atoms with Gasteiger partial charge in [0.2, 0.25) is 0 Å². The highest BCUT2D eigenvalue weighted by molar-refractivity contribution is 6.30. The topological polar surface area (TPSA) is 17.0 Å². The van der Waals surface area contributed by atoms with Gasteiger partial charge in [-0.1, -0.05) is 44.5 Å². The Morgan fingerprint density at radius 2 is 1.86 bits per heavy atom. The van der Waals surface area contributed by atoms with Crippen LogP contribution in [0.5, 0.6) is 0 Å². The quantitative estimate of drug-likeness (QED) is 0.758. The highest BCUT2D eigenvalue weighted by atomic mass is 35.5. The van der Waals surface area contributed by atoms with Crippen LogP contribution in [0.15, 0.2) is 42.7 Å². The van der Waals surface area contributed by atoms with Crippen LogP contribution < -0.4 is 5.32 Å². The van der Waals surface area contributed by atoms with E-state index < -0.39 is 0 Å². The lowest BCUT2D eigenvalue weighted by Gasteiger charge is -2.23. The van der Waals surface area contributed by atoms with E-state index in [1.54, 1.807) is 0 Å². The van der Waals surface area contributed by atoms with E-state index in [-0.39, 0.29) is 0 Å². The van der Waals surface area contributed by atoms with Crippen LogP contribution in [0.3, 0.4) is 0 Å². The van der Waals surface area contributed by atoms with Gasteiger partial charge in [-0.15, -0.1) is 0 Å². The van der Waals surface area contributed by atoms with E-state index in [0.29, 0.717) is 12.0 Å². The summed E-state index contributed by atoms with van der Waals surface area (Å²) in [7, 11) is 0. The van der Waals surface area contributed by atoms with Crippen molar-refractivity contribution in [3.8, 4) is 0 Å². The van der Waals surface area contributed by atoms with E-state index in [1.165, 1.54) is 17.5 Å². The monoisotopic (exact) mass is 304 g/mol. The fourth-order valence-electron chi connectivity index (χ4n) is 2.63. The number of hydrogen-bond acceptors (Lipinski definition) is 1. The van der Waals surface area contributed by atoms with E-state index in [4.69, 9.17) is 11.6 Å². The Balaban J connectivity index is 2.01. The average Bonchev–Trinajstić information content (AvgIpc) is 2.89. The molecule has 1 N–H and O–H groups in total. The summed E-state index contributed by atoms with van der Waals surface area (Å²) >= 11 is 5.98. The van der Waals surface area contributed by atoms with E-state index >= 15 is 0 Å². The van der Waals surface area contributed by atoms with Crippen LogP contribution in [0, 0.1) is 5.92 Å². The Bertz CT molecular complexity index is 543. The summed E-state index contributed by atoms with van der Waals surface area (Å²) in [6.07, 6.45) is 5.56.